The van der Waals surface area contributed by atoms with E-state index in [1.54, 1.807) is 12.1 Å². The lowest BCUT2D eigenvalue weighted by Crippen LogP contribution is -2.43. The standard InChI is InChI=1S/C29H25NO2/c1-30(2)19-13-11-18(12-14-19)17-29-22-9-5-3-7-20(22)26(21-8-4-6-10-23(21)29)27-24(31)15-16-25(32)28(27)29/h3-16,26,31-32H,17H2,1-2H3. The second-order valence-electron chi connectivity index (χ2n) is 9.14. The molecule has 32 heavy (non-hydrogen) atoms. The predicted molar refractivity (Wildman–Crippen MR) is 128 cm³/mol. The molecule has 0 unspecified atom stereocenters. The summed E-state index contributed by atoms with van der Waals surface area (Å²) in [6, 6.07) is 28.9. The van der Waals surface area contributed by atoms with Crippen LogP contribution in [-0.4, -0.2) is 24.3 Å². The van der Waals surface area contributed by atoms with Gasteiger partial charge in [0, 0.05) is 36.8 Å². The molecular formula is C29H25NO2. The van der Waals surface area contributed by atoms with Crippen molar-refractivity contribution in [1.29, 1.82) is 0 Å². The van der Waals surface area contributed by atoms with E-state index < -0.39 is 5.41 Å². The van der Waals surface area contributed by atoms with Crippen LogP contribution >= 0.6 is 0 Å². The highest BCUT2D eigenvalue weighted by Gasteiger charge is 2.53. The van der Waals surface area contributed by atoms with E-state index in [0.717, 1.165) is 16.8 Å². The summed E-state index contributed by atoms with van der Waals surface area (Å²) < 4.78 is 0. The minimum atomic E-state index is -0.570. The summed E-state index contributed by atoms with van der Waals surface area (Å²) in [5, 5.41) is 22.2. The summed E-state index contributed by atoms with van der Waals surface area (Å²) in [5.41, 5.74) is 8.31. The second-order valence-corrected chi connectivity index (χ2v) is 9.14. The molecule has 0 amide bonds. The SMILES string of the molecule is CN(C)c1ccc(CC23c4ccccc4C(c4ccccc42)c2c(O)ccc(O)c23)cc1. The Morgan fingerprint density at radius 3 is 1.88 bits per heavy atom. The molecule has 7 rings (SSSR count). The molecule has 0 saturated carbocycles. The topological polar surface area (TPSA) is 43.7 Å². The van der Waals surface area contributed by atoms with Crippen LogP contribution in [0.1, 0.15) is 44.9 Å². The Morgan fingerprint density at radius 2 is 1.28 bits per heavy atom. The first-order chi connectivity index (χ1) is 15.5. The van der Waals surface area contributed by atoms with Crippen LogP contribution in [0.4, 0.5) is 5.69 Å². The lowest BCUT2D eigenvalue weighted by Gasteiger charge is -2.51. The normalized spacial score (nSPS) is 19.8. The van der Waals surface area contributed by atoms with Crippen LogP contribution in [-0.2, 0) is 11.8 Å². The number of hydrogen-bond donors (Lipinski definition) is 2. The molecule has 4 aromatic carbocycles. The van der Waals surface area contributed by atoms with Gasteiger partial charge in [-0.25, -0.2) is 0 Å². The lowest BCUT2D eigenvalue weighted by atomic mass is 9.51. The van der Waals surface area contributed by atoms with Gasteiger partial charge >= 0.3 is 0 Å². The van der Waals surface area contributed by atoms with E-state index in [9.17, 15) is 10.2 Å². The number of hydrogen-bond acceptors (Lipinski definition) is 3. The van der Waals surface area contributed by atoms with Gasteiger partial charge in [0.15, 0.2) is 0 Å². The summed E-state index contributed by atoms with van der Waals surface area (Å²) in [6.45, 7) is 0. The fraction of sp³-hybridized carbons (Fsp3) is 0.172. The Morgan fingerprint density at radius 1 is 0.719 bits per heavy atom. The minimum Gasteiger partial charge on any atom is -0.508 e. The number of benzene rings is 4. The van der Waals surface area contributed by atoms with E-state index in [-0.39, 0.29) is 17.4 Å². The van der Waals surface area contributed by atoms with Crippen molar-refractivity contribution in [3.8, 4) is 11.5 Å². The smallest absolute Gasteiger partial charge is 0.120 e. The molecule has 3 aliphatic carbocycles. The van der Waals surface area contributed by atoms with Crippen molar-refractivity contribution in [2.45, 2.75) is 17.8 Å². The van der Waals surface area contributed by atoms with Crippen LogP contribution in [0.3, 0.4) is 0 Å². The van der Waals surface area contributed by atoms with Crippen LogP contribution in [0.5, 0.6) is 11.5 Å². The summed E-state index contributed by atoms with van der Waals surface area (Å²) in [6.07, 6.45) is 0.700. The van der Waals surface area contributed by atoms with Crippen LogP contribution in [0.25, 0.3) is 0 Å². The highest BCUT2D eigenvalue weighted by molar-refractivity contribution is 5.76. The van der Waals surface area contributed by atoms with Gasteiger partial charge in [0.05, 0.1) is 5.41 Å². The molecule has 158 valence electrons. The Labute approximate surface area is 188 Å². The molecule has 0 spiro atoms. The van der Waals surface area contributed by atoms with Gasteiger partial charge in [-0.15, -0.1) is 0 Å². The molecule has 3 heteroatoms. The maximum absolute atomic E-state index is 11.2. The number of phenols is 2. The highest BCUT2D eigenvalue weighted by Crippen LogP contribution is 2.63. The number of rotatable bonds is 3. The molecule has 0 fully saturated rings. The van der Waals surface area contributed by atoms with E-state index in [4.69, 9.17) is 0 Å². The molecule has 3 aliphatic rings. The fourth-order valence-electron chi connectivity index (χ4n) is 6.00. The van der Waals surface area contributed by atoms with Gasteiger partial charge in [-0.3, -0.25) is 0 Å². The lowest BCUT2D eigenvalue weighted by molar-refractivity contribution is 0.417. The van der Waals surface area contributed by atoms with Crippen LogP contribution in [0.15, 0.2) is 84.9 Å². The number of phenolic OH excluding ortho intramolecular Hbond substituents is 2. The summed E-state index contributed by atoms with van der Waals surface area (Å²) in [7, 11) is 4.08. The molecule has 0 aromatic heterocycles. The van der Waals surface area contributed by atoms with Crippen molar-refractivity contribution < 1.29 is 10.2 Å². The molecule has 0 aliphatic heterocycles. The Balaban J connectivity index is 1.69. The average molecular weight is 420 g/mol. The summed E-state index contributed by atoms with van der Waals surface area (Å²) >= 11 is 0. The van der Waals surface area contributed by atoms with Crippen molar-refractivity contribution >= 4 is 5.69 Å². The Kier molecular flexibility index (Phi) is 3.94. The molecule has 2 bridgehead atoms. The molecule has 2 N–H and O–H groups in total. The van der Waals surface area contributed by atoms with Crippen LogP contribution in [0.2, 0.25) is 0 Å². The van der Waals surface area contributed by atoms with E-state index in [0.29, 0.717) is 6.42 Å². The van der Waals surface area contributed by atoms with Crippen molar-refractivity contribution in [1.82, 2.24) is 0 Å². The third kappa shape index (κ3) is 2.36. The van der Waals surface area contributed by atoms with Gasteiger partial charge in [0.1, 0.15) is 11.5 Å². The van der Waals surface area contributed by atoms with Crippen LogP contribution < -0.4 is 4.90 Å². The first-order valence-corrected chi connectivity index (χ1v) is 11.0. The first kappa shape index (κ1) is 19.0. The molecule has 0 saturated heterocycles. The number of anilines is 1. The first-order valence-electron chi connectivity index (χ1n) is 11.0. The third-order valence-electron chi connectivity index (χ3n) is 7.30. The van der Waals surface area contributed by atoms with Gasteiger partial charge < -0.3 is 15.1 Å². The van der Waals surface area contributed by atoms with Crippen molar-refractivity contribution in [2.75, 3.05) is 19.0 Å². The number of aromatic hydroxyl groups is 2. The second kappa shape index (κ2) is 6.64. The zero-order valence-electron chi connectivity index (χ0n) is 18.2. The Hall–Kier alpha value is -3.72. The maximum Gasteiger partial charge on any atom is 0.120 e. The zero-order valence-corrected chi connectivity index (χ0v) is 18.2. The molecule has 3 nitrogen and oxygen atoms in total. The number of nitrogens with zero attached hydrogens (tertiary/aromatic N) is 1. The average Bonchev–Trinajstić information content (AvgIpc) is 2.82. The molecule has 0 atom stereocenters. The van der Waals surface area contributed by atoms with E-state index in [1.165, 1.54) is 27.8 Å². The van der Waals surface area contributed by atoms with Gasteiger partial charge in [0.25, 0.3) is 0 Å². The quantitative estimate of drug-likeness (QED) is 0.428. The van der Waals surface area contributed by atoms with Gasteiger partial charge in [0.2, 0.25) is 0 Å². The van der Waals surface area contributed by atoms with Crippen molar-refractivity contribution in [2.24, 2.45) is 0 Å². The molecule has 0 radical (unpaired) electrons. The largest absolute Gasteiger partial charge is 0.508 e. The highest BCUT2D eigenvalue weighted by atomic mass is 16.3. The van der Waals surface area contributed by atoms with Gasteiger partial charge in [-0.2, -0.15) is 0 Å². The monoisotopic (exact) mass is 419 g/mol. The van der Waals surface area contributed by atoms with Crippen molar-refractivity contribution in [3.05, 3.63) is 124 Å². The minimum absolute atomic E-state index is 0.0810. The van der Waals surface area contributed by atoms with Gasteiger partial charge in [-0.05, 0) is 58.5 Å². The summed E-state index contributed by atoms with van der Waals surface area (Å²) in [4.78, 5) is 2.09. The van der Waals surface area contributed by atoms with Crippen molar-refractivity contribution in [3.63, 3.8) is 0 Å². The molecular weight excluding hydrogens is 394 g/mol. The van der Waals surface area contributed by atoms with E-state index >= 15 is 0 Å². The molecule has 4 aromatic rings. The third-order valence-corrected chi connectivity index (χ3v) is 7.30. The maximum atomic E-state index is 11.2. The van der Waals surface area contributed by atoms with Crippen LogP contribution in [0, 0.1) is 0 Å². The van der Waals surface area contributed by atoms with Gasteiger partial charge in [-0.1, -0.05) is 60.7 Å². The molecule has 0 heterocycles. The Bertz CT molecular complexity index is 1310. The zero-order chi connectivity index (χ0) is 22.0. The fourth-order valence-corrected chi connectivity index (χ4v) is 6.00. The predicted octanol–water partition coefficient (Wildman–Crippen LogP) is 5.55. The summed E-state index contributed by atoms with van der Waals surface area (Å²) in [5.74, 6) is 0.415. The van der Waals surface area contributed by atoms with E-state index in [1.807, 2.05) is 14.1 Å². The van der Waals surface area contributed by atoms with E-state index in [2.05, 4.69) is 77.7 Å².